The van der Waals surface area contributed by atoms with Gasteiger partial charge in [-0.25, -0.2) is 5.43 Å². The van der Waals surface area contributed by atoms with Crippen molar-refractivity contribution in [2.45, 2.75) is 6.42 Å². The summed E-state index contributed by atoms with van der Waals surface area (Å²) < 4.78 is 6.09. The lowest BCUT2D eigenvalue weighted by Crippen LogP contribution is -2.22. The summed E-state index contributed by atoms with van der Waals surface area (Å²) in [5.74, 6) is 0.606. The highest BCUT2D eigenvalue weighted by Crippen LogP contribution is 2.13. The number of carbonyl (C=O) groups excluding carboxylic acids is 1. The van der Waals surface area contributed by atoms with Crippen molar-refractivity contribution in [1.29, 1.82) is 0 Å². The number of amides is 1. The van der Waals surface area contributed by atoms with E-state index in [1.165, 1.54) is 0 Å². The molecule has 120 valence electrons. The normalized spacial score (nSPS) is 11.2. The van der Waals surface area contributed by atoms with E-state index in [4.69, 9.17) is 4.74 Å². The first-order chi connectivity index (χ1) is 11.1. The van der Waals surface area contributed by atoms with Gasteiger partial charge in [-0.15, -0.1) is 0 Å². The maximum Gasteiger partial charge on any atom is 0.244 e. The fraction of sp³-hybridized carbons (Fsp3) is 0.176. The van der Waals surface area contributed by atoms with E-state index in [-0.39, 0.29) is 12.3 Å². The Morgan fingerprint density at radius 1 is 1.13 bits per heavy atom. The topological polar surface area (TPSA) is 50.7 Å². The van der Waals surface area contributed by atoms with Crippen molar-refractivity contribution in [3.63, 3.8) is 0 Å². The van der Waals surface area contributed by atoms with Crippen molar-refractivity contribution >= 4 is 43.5 Å². The number of hydrogen-bond donors (Lipinski definition) is 1. The van der Waals surface area contributed by atoms with Crippen LogP contribution in [0.1, 0.15) is 11.1 Å². The van der Waals surface area contributed by atoms with Crippen molar-refractivity contribution in [1.82, 2.24) is 5.43 Å². The molecule has 4 nitrogen and oxygen atoms in total. The molecule has 6 heteroatoms. The maximum atomic E-state index is 12.0. The third kappa shape index (κ3) is 5.48. The second-order valence-corrected chi connectivity index (χ2v) is 6.24. The molecule has 0 aromatic heterocycles. The summed E-state index contributed by atoms with van der Waals surface area (Å²) in [5.41, 5.74) is 5.22. The predicted octanol–water partition coefficient (Wildman–Crippen LogP) is 3.92. The molecule has 0 saturated carbocycles. The summed E-state index contributed by atoms with van der Waals surface area (Å²) in [6.45, 7) is 0. The number of benzene rings is 2. The zero-order valence-electron chi connectivity index (χ0n) is 12.6. The van der Waals surface area contributed by atoms with Crippen LogP contribution in [0.2, 0.25) is 0 Å². The molecule has 0 bridgehead atoms. The Morgan fingerprint density at radius 3 is 2.35 bits per heavy atom. The highest BCUT2D eigenvalue weighted by molar-refractivity contribution is 9.10. The molecule has 0 aliphatic heterocycles. The van der Waals surface area contributed by atoms with Gasteiger partial charge in [0.1, 0.15) is 5.75 Å². The van der Waals surface area contributed by atoms with E-state index in [9.17, 15) is 4.79 Å². The first-order valence-electron chi connectivity index (χ1n) is 6.92. The van der Waals surface area contributed by atoms with E-state index in [0.717, 1.165) is 27.1 Å². The van der Waals surface area contributed by atoms with Crippen LogP contribution in [0.4, 0.5) is 0 Å². The van der Waals surface area contributed by atoms with Gasteiger partial charge in [0.25, 0.3) is 0 Å². The molecule has 0 spiro atoms. The molecule has 2 aromatic rings. The van der Waals surface area contributed by atoms with Crippen molar-refractivity contribution in [2.24, 2.45) is 5.10 Å². The molecule has 1 amide bonds. The molecule has 0 heterocycles. The van der Waals surface area contributed by atoms with E-state index >= 15 is 0 Å². The molecule has 2 aromatic carbocycles. The number of nitrogens with zero attached hydrogens (tertiary/aromatic N) is 1. The van der Waals surface area contributed by atoms with Gasteiger partial charge in [0.2, 0.25) is 5.91 Å². The van der Waals surface area contributed by atoms with Gasteiger partial charge in [-0.2, -0.15) is 5.10 Å². The lowest BCUT2D eigenvalue weighted by Gasteiger charge is -2.06. The summed E-state index contributed by atoms with van der Waals surface area (Å²) in [6, 6.07) is 15.2. The number of hydrazone groups is 1. The third-order valence-corrected chi connectivity index (χ3v) is 4.20. The van der Waals surface area contributed by atoms with Crippen molar-refractivity contribution < 1.29 is 9.53 Å². The van der Waals surface area contributed by atoms with Gasteiger partial charge in [-0.3, -0.25) is 4.79 Å². The molecule has 0 aliphatic carbocycles. The Bertz CT molecular complexity index is 683. The van der Waals surface area contributed by atoms with E-state index in [0.29, 0.717) is 5.33 Å². The van der Waals surface area contributed by atoms with Gasteiger partial charge < -0.3 is 4.74 Å². The average Bonchev–Trinajstić information content (AvgIpc) is 2.57. The molecule has 0 atom stereocenters. The minimum absolute atomic E-state index is 0.161. The standard InChI is InChI=1S/C17H16Br2N2O2/c1-23-15-8-2-12(3-9-15)10-17(22)21-20-16(11-18)13-4-6-14(19)7-5-13/h2-9H,10-11H2,1H3,(H,21,22)/b20-16-. The SMILES string of the molecule is COc1ccc(CC(=O)N/N=C(/CBr)c2ccc(Br)cc2)cc1. The Kier molecular flexibility index (Phi) is 6.80. The first kappa shape index (κ1) is 17.7. The minimum Gasteiger partial charge on any atom is -0.497 e. The molecular weight excluding hydrogens is 424 g/mol. The Balaban J connectivity index is 1.98. The summed E-state index contributed by atoms with van der Waals surface area (Å²) in [4.78, 5) is 12.0. The van der Waals surface area contributed by atoms with Gasteiger partial charge in [-0.05, 0) is 35.4 Å². The first-order valence-corrected chi connectivity index (χ1v) is 8.84. The quantitative estimate of drug-likeness (QED) is 0.421. The maximum absolute atomic E-state index is 12.0. The number of carbonyl (C=O) groups is 1. The van der Waals surface area contributed by atoms with Gasteiger partial charge in [-0.1, -0.05) is 56.1 Å². The monoisotopic (exact) mass is 438 g/mol. The van der Waals surface area contributed by atoms with Crippen LogP contribution in [0.25, 0.3) is 0 Å². The van der Waals surface area contributed by atoms with Crippen LogP contribution < -0.4 is 10.2 Å². The molecule has 0 unspecified atom stereocenters. The predicted molar refractivity (Wildman–Crippen MR) is 99.3 cm³/mol. The number of halogens is 2. The van der Waals surface area contributed by atoms with E-state index < -0.39 is 0 Å². The summed E-state index contributed by atoms with van der Waals surface area (Å²) in [7, 11) is 1.61. The van der Waals surface area contributed by atoms with E-state index in [1.807, 2.05) is 48.5 Å². The summed E-state index contributed by atoms with van der Waals surface area (Å²) in [5, 5.41) is 4.76. The second kappa shape index (κ2) is 8.84. The van der Waals surface area contributed by atoms with E-state index in [1.54, 1.807) is 7.11 Å². The Labute approximate surface area is 152 Å². The number of rotatable bonds is 6. The fourth-order valence-electron chi connectivity index (χ4n) is 1.91. The number of nitrogens with one attached hydrogen (secondary N) is 1. The highest BCUT2D eigenvalue weighted by atomic mass is 79.9. The zero-order valence-corrected chi connectivity index (χ0v) is 15.7. The molecule has 0 radical (unpaired) electrons. The number of alkyl halides is 1. The minimum atomic E-state index is -0.161. The Hall–Kier alpha value is -1.66. The third-order valence-electron chi connectivity index (χ3n) is 3.14. The van der Waals surface area contributed by atoms with Gasteiger partial charge in [0.05, 0.1) is 19.2 Å². The van der Waals surface area contributed by atoms with Crippen LogP contribution in [0.5, 0.6) is 5.75 Å². The lowest BCUT2D eigenvalue weighted by atomic mass is 10.1. The van der Waals surface area contributed by atoms with Gasteiger partial charge in [0.15, 0.2) is 0 Å². The largest absolute Gasteiger partial charge is 0.497 e. The average molecular weight is 440 g/mol. The molecule has 23 heavy (non-hydrogen) atoms. The number of hydrogen-bond acceptors (Lipinski definition) is 3. The molecular formula is C17H16Br2N2O2. The fourth-order valence-corrected chi connectivity index (χ4v) is 2.63. The van der Waals surface area contributed by atoms with Crippen LogP contribution in [-0.2, 0) is 11.2 Å². The van der Waals surface area contributed by atoms with Crippen LogP contribution >= 0.6 is 31.9 Å². The van der Waals surface area contributed by atoms with Crippen molar-refractivity contribution in [3.05, 3.63) is 64.1 Å². The van der Waals surface area contributed by atoms with E-state index in [2.05, 4.69) is 42.4 Å². The number of ether oxygens (including phenoxy) is 1. The highest BCUT2D eigenvalue weighted by Gasteiger charge is 2.06. The zero-order chi connectivity index (χ0) is 16.7. The summed E-state index contributed by atoms with van der Waals surface area (Å²) >= 11 is 6.79. The molecule has 0 fully saturated rings. The van der Waals surface area contributed by atoms with Gasteiger partial charge >= 0.3 is 0 Å². The summed E-state index contributed by atoms with van der Waals surface area (Å²) in [6.07, 6.45) is 0.267. The van der Waals surface area contributed by atoms with Crippen molar-refractivity contribution in [2.75, 3.05) is 12.4 Å². The number of methoxy groups -OCH3 is 1. The Morgan fingerprint density at radius 2 is 1.78 bits per heavy atom. The van der Waals surface area contributed by atoms with Crippen LogP contribution in [0.15, 0.2) is 58.1 Å². The van der Waals surface area contributed by atoms with Crippen LogP contribution in [0.3, 0.4) is 0 Å². The molecule has 0 aliphatic rings. The van der Waals surface area contributed by atoms with Crippen LogP contribution in [0, 0.1) is 0 Å². The smallest absolute Gasteiger partial charge is 0.244 e. The van der Waals surface area contributed by atoms with Crippen LogP contribution in [-0.4, -0.2) is 24.1 Å². The second-order valence-electron chi connectivity index (χ2n) is 4.76. The molecule has 1 N–H and O–H groups in total. The molecule has 2 rings (SSSR count). The molecule has 0 saturated heterocycles. The lowest BCUT2D eigenvalue weighted by molar-refractivity contribution is -0.120. The van der Waals surface area contributed by atoms with Gasteiger partial charge in [0, 0.05) is 9.80 Å². The van der Waals surface area contributed by atoms with Crippen molar-refractivity contribution in [3.8, 4) is 5.75 Å².